The first-order chi connectivity index (χ1) is 9.09. The van der Waals surface area contributed by atoms with E-state index >= 15 is 0 Å². The Kier molecular flexibility index (Phi) is 5.27. The van der Waals surface area contributed by atoms with Crippen molar-refractivity contribution >= 4 is 0 Å². The molecule has 0 radical (unpaired) electrons. The van der Waals surface area contributed by atoms with Gasteiger partial charge in [-0.15, -0.1) is 0 Å². The Morgan fingerprint density at radius 1 is 1.05 bits per heavy atom. The lowest BCUT2D eigenvalue weighted by Gasteiger charge is -2.51. The molecule has 0 aromatic heterocycles. The van der Waals surface area contributed by atoms with Gasteiger partial charge in [0, 0.05) is 24.7 Å². The minimum atomic E-state index is 0.427. The highest BCUT2D eigenvalue weighted by molar-refractivity contribution is 4.99. The molecule has 112 valence electrons. The van der Waals surface area contributed by atoms with Crippen molar-refractivity contribution in [1.82, 2.24) is 9.80 Å². The van der Waals surface area contributed by atoms with Crippen LogP contribution in [0.1, 0.15) is 51.4 Å². The Balaban J connectivity index is 1.94. The number of nitrogens with two attached hydrogens (primary N) is 1. The van der Waals surface area contributed by atoms with Gasteiger partial charge in [0.25, 0.3) is 0 Å². The lowest BCUT2D eigenvalue weighted by molar-refractivity contribution is 0.00577. The van der Waals surface area contributed by atoms with E-state index in [0.717, 1.165) is 12.5 Å². The van der Waals surface area contributed by atoms with Crippen LogP contribution >= 0.6 is 0 Å². The van der Waals surface area contributed by atoms with Gasteiger partial charge < -0.3 is 15.5 Å². The van der Waals surface area contributed by atoms with Gasteiger partial charge in [0.1, 0.15) is 0 Å². The summed E-state index contributed by atoms with van der Waals surface area (Å²) in [5.41, 5.74) is 6.53. The Hall–Kier alpha value is -0.120. The molecule has 0 spiro atoms. The van der Waals surface area contributed by atoms with E-state index in [-0.39, 0.29) is 0 Å². The second kappa shape index (κ2) is 6.55. The van der Waals surface area contributed by atoms with Gasteiger partial charge in [-0.25, -0.2) is 0 Å². The molecule has 2 N–H and O–H groups in total. The largest absolute Gasteiger partial charge is 0.329 e. The molecule has 0 aliphatic heterocycles. The molecule has 0 amide bonds. The molecule has 1 unspecified atom stereocenters. The molecule has 0 aromatic rings. The number of rotatable bonds is 6. The van der Waals surface area contributed by atoms with Crippen molar-refractivity contribution in [2.75, 3.05) is 34.2 Å². The highest BCUT2D eigenvalue weighted by Crippen LogP contribution is 2.38. The van der Waals surface area contributed by atoms with Crippen LogP contribution in [0.5, 0.6) is 0 Å². The third kappa shape index (κ3) is 3.32. The fourth-order valence-corrected chi connectivity index (χ4v) is 4.16. The standard InChI is InChI=1S/C16H33N3/c1-18(2)16(10-7-11-16)13-19(3)15(12-17)14-8-5-4-6-9-14/h14-15H,4-13,17H2,1-3H3. The van der Waals surface area contributed by atoms with Gasteiger partial charge in [0.05, 0.1) is 0 Å². The zero-order valence-corrected chi connectivity index (χ0v) is 13.2. The second-order valence-electron chi connectivity index (χ2n) is 7.09. The van der Waals surface area contributed by atoms with Gasteiger partial charge in [0.15, 0.2) is 0 Å². The first-order valence-electron chi connectivity index (χ1n) is 8.17. The van der Waals surface area contributed by atoms with Crippen molar-refractivity contribution in [3.8, 4) is 0 Å². The molecule has 19 heavy (non-hydrogen) atoms. The van der Waals surface area contributed by atoms with Crippen molar-refractivity contribution < 1.29 is 0 Å². The van der Waals surface area contributed by atoms with Crippen LogP contribution in [0.4, 0.5) is 0 Å². The van der Waals surface area contributed by atoms with Crippen LogP contribution in [0.2, 0.25) is 0 Å². The minimum Gasteiger partial charge on any atom is -0.329 e. The molecule has 0 aromatic carbocycles. The third-order valence-electron chi connectivity index (χ3n) is 5.78. The van der Waals surface area contributed by atoms with E-state index in [9.17, 15) is 0 Å². The summed E-state index contributed by atoms with van der Waals surface area (Å²) in [6.07, 6.45) is 11.1. The van der Waals surface area contributed by atoms with E-state index in [1.54, 1.807) is 0 Å². The molecule has 0 bridgehead atoms. The monoisotopic (exact) mass is 267 g/mol. The molecule has 2 aliphatic carbocycles. The summed E-state index contributed by atoms with van der Waals surface area (Å²) in [4.78, 5) is 5.02. The fourth-order valence-electron chi connectivity index (χ4n) is 4.16. The predicted octanol–water partition coefficient (Wildman–Crippen LogP) is 2.31. The Bertz CT molecular complexity index is 267. The second-order valence-corrected chi connectivity index (χ2v) is 7.09. The van der Waals surface area contributed by atoms with E-state index in [1.807, 2.05) is 0 Å². The van der Waals surface area contributed by atoms with Gasteiger partial charge in [-0.3, -0.25) is 0 Å². The summed E-state index contributed by atoms with van der Waals surface area (Å²) in [6.45, 7) is 2.02. The first-order valence-corrected chi connectivity index (χ1v) is 8.17. The predicted molar refractivity (Wildman–Crippen MR) is 82.3 cm³/mol. The molecule has 2 rings (SSSR count). The highest BCUT2D eigenvalue weighted by Gasteiger charge is 2.41. The van der Waals surface area contributed by atoms with E-state index in [4.69, 9.17) is 5.73 Å². The summed E-state index contributed by atoms with van der Waals surface area (Å²) in [5.74, 6) is 0.836. The number of hydrogen-bond acceptors (Lipinski definition) is 3. The molecular weight excluding hydrogens is 234 g/mol. The Morgan fingerprint density at radius 2 is 1.68 bits per heavy atom. The average Bonchev–Trinajstić information content (AvgIpc) is 2.35. The molecule has 2 fully saturated rings. The SMILES string of the molecule is CN(CC1(N(C)C)CCC1)C(CN)C1CCCCC1. The van der Waals surface area contributed by atoms with Crippen molar-refractivity contribution in [2.45, 2.75) is 62.9 Å². The molecule has 0 saturated heterocycles. The lowest BCUT2D eigenvalue weighted by atomic mass is 9.74. The van der Waals surface area contributed by atoms with E-state index < -0.39 is 0 Å². The summed E-state index contributed by atoms with van der Waals surface area (Å²) in [6, 6.07) is 0.595. The van der Waals surface area contributed by atoms with Crippen LogP contribution in [0.3, 0.4) is 0 Å². The van der Waals surface area contributed by atoms with Crippen LogP contribution in [-0.4, -0.2) is 55.6 Å². The quantitative estimate of drug-likeness (QED) is 0.801. The van der Waals surface area contributed by atoms with Gasteiger partial charge in [-0.1, -0.05) is 19.3 Å². The van der Waals surface area contributed by atoms with E-state index in [1.165, 1.54) is 57.9 Å². The molecule has 2 saturated carbocycles. The molecule has 2 aliphatic rings. The molecule has 3 nitrogen and oxygen atoms in total. The summed E-state index contributed by atoms with van der Waals surface area (Å²) in [5, 5.41) is 0. The highest BCUT2D eigenvalue weighted by atomic mass is 15.2. The zero-order chi connectivity index (χ0) is 13.9. The fraction of sp³-hybridized carbons (Fsp3) is 1.00. The number of likely N-dealkylation sites (N-methyl/N-ethyl adjacent to an activating group) is 2. The van der Waals surface area contributed by atoms with Crippen LogP contribution in [-0.2, 0) is 0 Å². The topological polar surface area (TPSA) is 32.5 Å². The summed E-state index contributed by atoms with van der Waals surface area (Å²) >= 11 is 0. The normalized spacial score (nSPS) is 25.6. The van der Waals surface area contributed by atoms with Crippen molar-refractivity contribution in [3.05, 3.63) is 0 Å². The maximum absolute atomic E-state index is 6.10. The van der Waals surface area contributed by atoms with Crippen LogP contribution in [0.25, 0.3) is 0 Å². The van der Waals surface area contributed by atoms with Gasteiger partial charge in [-0.2, -0.15) is 0 Å². The summed E-state index contributed by atoms with van der Waals surface area (Å²) in [7, 11) is 6.78. The van der Waals surface area contributed by atoms with E-state index in [0.29, 0.717) is 11.6 Å². The van der Waals surface area contributed by atoms with Gasteiger partial charge in [0.2, 0.25) is 0 Å². The Morgan fingerprint density at radius 3 is 2.11 bits per heavy atom. The third-order valence-corrected chi connectivity index (χ3v) is 5.78. The smallest absolute Gasteiger partial charge is 0.0330 e. The van der Waals surface area contributed by atoms with Crippen molar-refractivity contribution in [1.29, 1.82) is 0 Å². The maximum Gasteiger partial charge on any atom is 0.0330 e. The minimum absolute atomic E-state index is 0.427. The van der Waals surface area contributed by atoms with E-state index in [2.05, 4.69) is 30.9 Å². The van der Waals surface area contributed by atoms with Crippen LogP contribution in [0, 0.1) is 5.92 Å². The lowest BCUT2D eigenvalue weighted by Crippen LogP contribution is -2.59. The first kappa shape index (κ1) is 15.3. The Labute approximate surface area is 119 Å². The average molecular weight is 267 g/mol. The van der Waals surface area contributed by atoms with Gasteiger partial charge >= 0.3 is 0 Å². The maximum atomic E-state index is 6.10. The van der Waals surface area contributed by atoms with Crippen molar-refractivity contribution in [3.63, 3.8) is 0 Å². The number of nitrogens with zero attached hydrogens (tertiary/aromatic N) is 2. The molecule has 1 atom stereocenters. The molecule has 0 heterocycles. The van der Waals surface area contributed by atoms with Gasteiger partial charge in [-0.05, 0) is 59.2 Å². The zero-order valence-electron chi connectivity index (χ0n) is 13.2. The van der Waals surface area contributed by atoms with Crippen LogP contribution < -0.4 is 5.73 Å². The number of hydrogen-bond donors (Lipinski definition) is 1. The van der Waals surface area contributed by atoms with Crippen molar-refractivity contribution in [2.24, 2.45) is 11.7 Å². The molecular formula is C16H33N3. The molecule has 3 heteroatoms. The van der Waals surface area contributed by atoms with Crippen LogP contribution in [0.15, 0.2) is 0 Å². The summed E-state index contributed by atoms with van der Waals surface area (Å²) < 4.78 is 0.